The van der Waals surface area contributed by atoms with Crippen LogP contribution in [0.2, 0.25) is 0 Å². The maximum absolute atomic E-state index is 12.3. The van der Waals surface area contributed by atoms with Crippen molar-refractivity contribution in [3.63, 3.8) is 0 Å². The summed E-state index contributed by atoms with van der Waals surface area (Å²) in [7, 11) is 0. The average molecular weight is 379 g/mol. The molecule has 1 N–H and O–H groups in total. The zero-order valence-corrected chi connectivity index (χ0v) is 17.5. The zero-order valence-electron chi connectivity index (χ0n) is 16.6. The van der Waals surface area contributed by atoms with Gasteiger partial charge >= 0.3 is 0 Å². The second-order valence-electron chi connectivity index (χ2n) is 7.28. The van der Waals surface area contributed by atoms with Gasteiger partial charge in [-0.25, -0.2) is 4.98 Å². The van der Waals surface area contributed by atoms with Gasteiger partial charge in [0, 0.05) is 23.2 Å². The Morgan fingerprint density at radius 1 is 0.889 bits per heavy atom. The first kappa shape index (κ1) is 19.4. The lowest BCUT2D eigenvalue weighted by Crippen LogP contribution is -2.12. The molecule has 0 spiro atoms. The molecule has 0 atom stereocenters. The number of pyridine rings is 1. The molecule has 3 rings (SSSR count). The lowest BCUT2D eigenvalue weighted by atomic mass is 10.0. The Balaban J connectivity index is 1.64. The molecule has 0 saturated heterocycles. The number of carbonyl (C=O) groups excluding carboxylic acids is 1. The Morgan fingerprint density at radius 3 is 2.26 bits per heavy atom. The molecule has 2 aromatic carbocycles. The van der Waals surface area contributed by atoms with Crippen LogP contribution in [0.3, 0.4) is 0 Å². The molecule has 4 heteroatoms. The van der Waals surface area contributed by atoms with Gasteiger partial charge in [-0.1, -0.05) is 17.7 Å². The smallest absolute Gasteiger partial charge is 0.225 e. The van der Waals surface area contributed by atoms with Gasteiger partial charge in [0.1, 0.15) is 0 Å². The number of aryl methyl sites for hydroxylation is 5. The molecule has 0 unspecified atom stereocenters. The van der Waals surface area contributed by atoms with E-state index in [4.69, 9.17) is 4.98 Å². The van der Waals surface area contributed by atoms with Gasteiger partial charge in [-0.15, -0.1) is 11.8 Å². The van der Waals surface area contributed by atoms with Crippen LogP contribution in [0.15, 0.2) is 41.4 Å². The predicted molar refractivity (Wildman–Crippen MR) is 116 cm³/mol. The third-order valence-electron chi connectivity index (χ3n) is 4.52. The summed E-state index contributed by atoms with van der Waals surface area (Å²) in [5.41, 5.74) is 7.92. The number of carbonyl (C=O) groups is 1. The summed E-state index contributed by atoms with van der Waals surface area (Å²) < 4.78 is 0. The maximum atomic E-state index is 12.3. The predicted octanol–water partition coefficient (Wildman–Crippen LogP) is 5.90. The van der Waals surface area contributed by atoms with Gasteiger partial charge in [0.2, 0.25) is 5.91 Å². The molecule has 0 bridgehead atoms. The summed E-state index contributed by atoms with van der Waals surface area (Å²) in [4.78, 5) is 17.1. The van der Waals surface area contributed by atoms with Gasteiger partial charge in [-0.05, 0) is 81.1 Å². The van der Waals surface area contributed by atoms with Crippen LogP contribution >= 0.6 is 11.8 Å². The first-order chi connectivity index (χ1) is 12.8. The Bertz CT molecular complexity index is 991. The number of anilines is 1. The van der Waals surface area contributed by atoms with E-state index in [1.54, 1.807) is 11.8 Å². The second-order valence-corrected chi connectivity index (χ2v) is 8.39. The zero-order chi connectivity index (χ0) is 19.6. The number of nitrogens with zero attached hydrogens (tertiary/aromatic N) is 1. The van der Waals surface area contributed by atoms with E-state index in [1.807, 2.05) is 26.0 Å². The SMILES string of the molecule is Cc1cc(C)cc(NC(=O)CCSc2cc(C)c3cc(C)cc(C)c3n2)c1. The van der Waals surface area contributed by atoms with Gasteiger partial charge in [-0.3, -0.25) is 4.79 Å². The van der Waals surface area contributed by atoms with E-state index in [-0.39, 0.29) is 5.91 Å². The Hall–Kier alpha value is -2.33. The minimum absolute atomic E-state index is 0.0387. The summed E-state index contributed by atoms with van der Waals surface area (Å²) >= 11 is 1.64. The molecule has 0 saturated carbocycles. The van der Waals surface area contributed by atoms with Gasteiger partial charge < -0.3 is 5.32 Å². The maximum Gasteiger partial charge on any atom is 0.225 e. The summed E-state index contributed by atoms with van der Waals surface area (Å²) in [6.07, 6.45) is 0.462. The van der Waals surface area contributed by atoms with Crippen LogP contribution in [-0.2, 0) is 4.79 Å². The van der Waals surface area contributed by atoms with Crippen molar-refractivity contribution in [1.29, 1.82) is 0 Å². The van der Waals surface area contributed by atoms with Gasteiger partial charge in [0.15, 0.2) is 0 Å². The van der Waals surface area contributed by atoms with Crippen LogP contribution in [-0.4, -0.2) is 16.6 Å². The molecular formula is C23H26N2OS. The van der Waals surface area contributed by atoms with Gasteiger partial charge in [0.05, 0.1) is 10.5 Å². The number of hydrogen-bond acceptors (Lipinski definition) is 3. The van der Waals surface area contributed by atoms with Crippen LogP contribution in [0.25, 0.3) is 10.9 Å². The molecule has 27 heavy (non-hydrogen) atoms. The van der Waals surface area contributed by atoms with E-state index in [0.29, 0.717) is 12.2 Å². The fraction of sp³-hybridized carbons (Fsp3) is 0.304. The van der Waals surface area contributed by atoms with Crippen molar-refractivity contribution < 1.29 is 4.79 Å². The monoisotopic (exact) mass is 378 g/mol. The van der Waals surface area contributed by atoms with E-state index in [1.165, 1.54) is 22.1 Å². The Morgan fingerprint density at radius 2 is 1.56 bits per heavy atom. The van der Waals surface area contributed by atoms with E-state index in [0.717, 1.165) is 27.4 Å². The topological polar surface area (TPSA) is 42.0 Å². The third-order valence-corrected chi connectivity index (χ3v) is 5.43. The number of thioether (sulfide) groups is 1. The molecule has 0 radical (unpaired) electrons. The largest absolute Gasteiger partial charge is 0.326 e. The van der Waals surface area contributed by atoms with Crippen molar-refractivity contribution in [2.45, 2.75) is 46.1 Å². The van der Waals surface area contributed by atoms with Crippen LogP contribution in [0.5, 0.6) is 0 Å². The number of hydrogen-bond donors (Lipinski definition) is 1. The van der Waals surface area contributed by atoms with Crippen LogP contribution in [0, 0.1) is 34.6 Å². The highest BCUT2D eigenvalue weighted by Crippen LogP contribution is 2.27. The third kappa shape index (κ3) is 4.89. The van der Waals surface area contributed by atoms with Crippen molar-refractivity contribution in [1.82, 2.24) is 4.98 Å². The number of fused-ring (bicyclic) bond motifs is 1. The fourth-order valence-corrected chi connectivity index (χ4v) is 4.32. The van der Waals surface area contributed by atoms with E-state index < -0.39 is 0 Å². The quantitative estimate of drug-likeness (QED) is 0.562. The molecule has 0 aliphatic heterocycles. The minimum Gasteiger partial charge on any atom is -0.326 e. The molecule has 1 aromatic heterocycles. The van der Waals surface area contributed by atoms with Crippen LogP contribution in [0.4, 0.5) is 5.69 Å². The van der Waals surface area contributed by atoms with Crippen molar-refractivity contribution in [3.05, 3.63) is 64.2 Å². The van der Waals surface area contributed by atoms with Crippen molar-refractivity contribution in [2.75, 3.05) is 11.1 Å². The summed E-state index contributed by atoms with van der Waals surface area (Å²) in [6.45, 7) is 10.4. The molecule has 140 valence electrons. The molecule has 3 aromatic rings. The van der Waals surface area contributed by atoms with Crippen LogP contribution < -0.4 is 5.32 Å². The summed E-state index contributed by atoms with van der Waals surface area (Å²) in [5.74, 6) is 0.747. The van der Waals surface area contributed by atoms with Crippen molar-refractivity contribution in [3.8, 4) is 0 Å². The lowest BCUT2D eigenvalue weighted by molar-refractivity contribution is -0.115. The molecule has 0 fully saturated rings. The molecule has 1 heterocycles. The minimum atomic E-state index is 0.0387. The summed E-state index contributed by atoms with van der Waals surface area (Å²) in [5, 5.41) is 5.18. The van der Waals surface area contributed by atoms with Gasteiger partial charge in [0.25, 0.3) is 0 Å². The van der Waals surface area contributed by atoms with Crippen molar-refractivity contribution in [2.24, 2.45) is 0 Å². The molecule has 3 nitrogen and oxygen atoms in total. The van der Waals surface area contributed by atoms with E-state index in [2.05, 4.69) is 50.4 Å². The average Bonchev–Trinajstić information content (AvgIpc) is 2.55. The Labute approximate surface area is 165 Å². The van der Waals surface area contributed by atoms with E-state index in [9.17, 15) is 4.79 Å². The van der Waals surface area contributed by atoms with Crippen molar-refractivity contribution >= 4 is 34.3 Å². The van der Waals surface area contributed by atoms with Crippen LogP contribution in [0.1, 0.15) is 34.2 Å². The first-order valence-corrected chi connectivity index (χ1v) is 10.2. The highest BCUT2D eigenvalue weighted by atomic mass is 32.2. The fourth-order valence-electron chi connectivity index (χ4n) is 3.41. The molecule has 0 aliphatic carbocycles. The number of nitrogens with one attached hydrogen (secondary N) is 1. The number of aromatic nitrogens is 1. The highest BCUT2D eigenvalue weighted by Gasteiger charge is 2.08. The normalized spacial score (nSPS) is 11.0. The Kier molecular flexibility index (Phi) is 5.85. The van der Waals surface area contributed by atoms with Gasteiger partial charge in [-0.2, -0.15) is 0 Å². The molecule has 0 aliphatic rings. The number of amides is 1. The molecule has 1 amide bonds. The molecular weight excluding hydrogens is 352 g/mol. The first-order valence-electron chi connectivity index (χ1n) is 9.21. The standard InChI is InChI=1S/C23H26N2OS/c1-14-8-15(2)11-19(10-14)24-21(26)6-7-27-22-13-17(4)20-12-16(3)9-18(5)23(20)25-22/h8-13H,6-7H2,1-5H3,(H,24,26). The number of rotatable bonds is 5. The lowest BCUT2D eigenvalue weighted by Gasteiger charge is -2.10. The number of benzene rings is 2. The van der Waals surface area contributed by atoms with E-state index >= 15 is 0 Å². The highest BCUT2D eigenvalue weighted by molar-refractivity contribution is 7.99. The second kappa shape index (κ2) is 8.13. The summed E-state index contributed by atoms with van der Waals surface area (Å²) in [6, 6.07) is 12.6.